The highest BCUT2D eigenvalue weighted by molar-refractivity contribution is 4.72. The maximum Gasteiger partial charge on any atom is 0.356 e. The maximum absolute atomic E-state index is 12.6. The molecule has 1 atom stereocenters. The molecule has 0 N–H and O–H groups in total. The Bertz CT molecular complexity index is 134. The lowest BCUT2D eigenvalue weighted by Crippen LogP contribution is -2.33. The van der Waals surface area contributed by atoms with E-state index < -0.39 is 6.11 Å². The van der Waals surface area contributed by atoms with Crippen molar-refractivity contribution in [3.05, 3.63) is 0 Å². The van der Waals surface area contributed by atoms with Gasteiger partial charge in [0, 0.05) is 6.42 Å². The van der Waals surface area contributed by atoms with Crippen LogP contribution in [0.25, 0.3) is 0 Å². The second-order valence-electron chi connectivity index (χ2n) is 3.48. The number of hydrogen-bond donors (Lipinski definition) is 0. The van der Waals surface area contributed by atoms with E-state index in [9.17, 15) is 8.78 Å². The summed E-state index contributed by atoms with van der Waals surface area (Å²) >= 11 is 0. The number of hydrogen-bond acceptors (Lipinski definition) is 1. The van der Waals surface area contributed by atoms with E-state index in [0.717, 1.165) is 6.42 Å². The first-order valence-corrected chi connectivity index (χ1v) is 4.03. The van der Waals surface area contributed by atoms with E-state index in [1.165, 1.54) is 0 Å². The van der Waals surface area contributed by atoms with Crippen molar-refractivity contribution in [2.75, 3.05) is 6.61 Å². The van der Waals surface area contributed by atoms with E-state index in [1.54, 1.807) is 0 Å². The van der Waals surface area contributed by atoms with Crippen molar-refractivity contribution in [3.63, 3.8) is 0 Å². The molecule has 1 saturated heterocycles. The van der Waals surface area contributed by atoms with Gasteiger partial charge in [0.25, 0.3) is 0 Å². The van der Waals surface area contributed by atoms with Crippen LogP contribution in [-0.2, 0) is 4.74 Å². The fraction of sp³-hybridized carbons (Fsp3) is 1.00. The summed E-state index contributed by atoms with van der Waals surface area (Å²) in [7, 11) is 0. The fourth-order valence-corrected chi connectivity index (χ4v) is 1.39. The summed E-state index contributed by atoms with van der Waals surface area (Å²) in [4.78, 5) is 0. The van der Waals surface area contributed by atoms with Gasteiger partial charge in [0.15, 0.2) is 0 Å². The van der Waals surface area contributed by atoms with Crippen LogP contribution in [0, 0.1) is 11.8 Å². The molecule has 0 amide bonds. The zero-order valence-corrected chi connectivity index (χ0v) is 6.94. The smallest absolute Gasteiger partial charge is 0.320 e. The van der Waals surface area contributed by atoms with Crippen LogP contribution in [0.2, 0.25) is 0 Å². The molecule has 0 aliphatic carbocycles. The van der Waals surface area contributed by atoms with Crippen LogP contribution in [0.3, 0.4) is 0 Å². The molecule has 1 unspecified atom stereocenters. The number of halogens is 2. The Morgan fingerprint density at radius 3 is 2.45 bits per heavy atom. The quantitative estimate of drug-likeness (QED) is 0.579. The molecular formula is C8H14F2O. The summed E-state index contributed by atoms with van der Waals surface area (Å²) < 4.78 is 29.5. The summed E-state index contributed by atoms with van der Waals surface area (Å²) in [6.07, 6.45) is -2.20. The fourth-order valence-electron chi connectivity index (χ4n) is 1.39. The molecular weight excluding hydrogens is 150 g/mol. The summed E-state index contributed by atoms with van der Waals surface area (Å²) in [5.41, 5.74) is 0. The third-order valence-corrected chi connectivity index (χ3v) is 2.24. The van der Waals surface area contributed by atoms with Crippen molar-refractivity contribution in [1.29, 1.82) is 0 Å². The summed E-state index contributed by atoms with van der Waals surface area (Å²) in [6, 6.07) is 0. The zero-order valence-electron chi connectivity index (χ0n) is 6.94. The van der Waals surface area contributed by atoms with Crippen molar-refractivity contribution in [2.45, 2.75) is 32.8 Å². The van der Waals surface area contributed by atoms with Crippen molar-refractivity contribution in [3.8, 4) is 0 Å². The average molecular weight is 164 g/mol. The van der Waals surface area contributed by atoms with Crippen molar-refractivity contribution >= 4 is 0 Å². The third kappa shape index (κ3) is 2.40. The van der Waals surface area contributed by atoms with Crippen LogP contribution in [0.5, 0.6) is 0 Å². The standard InChI is InChI=1S/C8H14F2O/c1-6(2)7-3-4-11-8(9,10)5-7/h6-7H,3-5H2,1-2H3. The van der Waals surface area contributed by atoms with Crippen LogP contribution in [0.1, 0.15) is 26.7 Å². The Kier molecular flexibility index (Phi) is 2.47. The third-order valence-electron chi connectivity index (χ3n) is 2.24. The molecule has 1 fully saturated rings. The molecule has 66 valence electrons. The normalized spacial score (nSPS) is 30.8. The van der Waals surface area contributed by atoms with Crippen LogP contribution >= 0.6 is 0 Å². The predicted octanol–water partition coefficient (Wildman–Crippen LogP) is 2.66. The summed E-state index contributed by atoms with van der Waals surface area (Å²) in [6.45, 7) is 4.16. The minimum atomic E-state index is -2.87. The highest BCUT2D eigenvalue weighted by atomic mass is 19.3. The predicted molar refractivity (Wildman–Crippen MR) is 38.5 cm³/mol. The summed E-state index contributed by atoms with van der Waals surface area (Å²) in [5, 5.41) is 0. The first-order chi connectivity index (χ1) is 5.01. The minimum Gasteiger partial charge on any atom is -0.320 e. The van der Waals surface area contributed by atoms with Gasteiger partial charge in [0.2, 0.25) is 0 Å². The molecule has 0 aromatic carbocycles. The molecule has 0 aromatic heterocycles. The molecule has 0 spiro atoms. The van der Waals surface area contributed by atoms with Crippen molar-refractivity contribution in [1.82, 2.24) is 0 Å². The Morgan fingerprint density at radius 1 is 1.45 bits per heavy atom. The Labute approximate surface area is 65.7 Å². The second kappa shape index (κ2) is 3.05. The molecule has 0 radical (unpaired) electrons. The van der Waals surface area contributed by atoms with Gasteiger partial charge < -0.3 is 4.74 Å². The summed E-state index contributed by atoms with van der Waals surface area (Å²) in [5.74, 6) is 0.462. The molecule has 3 heteroatoms. The van der Waals surface area contributed by atoms with Gasteiger partial charge in [-0.3, -0.25) is 0 Å². The number of ether oxygens (including phenoxy) is 1. The Balaban J connectivity index is 2.46. The minimum absolute atomic E-state index is 0.106. The SMILES string of the molecule is CC(C)C1CCOC(F)(F)C1. The molecule has 1 aliphatic rings. The van der Waals surface area contributed by atoms with Gasteiger partial charge in [-0.15, -0.1) is 0 Å². The van der Waals surface area contributed by atoms with E-state index in [0.29, 0.717) is 5.92 Å². The largest absolute Gasteiger partial charge is 0.356 e. The van der Waals surface area contributed by atoms with E-state index in [-0.39, 0.29) is 18.9 Å². The molecule has 1 nitrogen and oxygen atoms in total. The molecule has 1 heterocycles. The van der Waals surface area contributed by atoms with Crippen LogP contribution in [-0.4, -0.2) is 12.7 Å². The highest BCUT2D eigenvalue weighted by Gasteiger charge is 2.38. The van der Waals surface area contributed by atoms with Gasteiger partial charge in [0.1, 0.15) is 0 Å². The lowest BCUT2D eigenvalue weighted by molar-refractivity contribution is -0.271. The Morgan fingerprint density at radius 2 is 2.09 bits per heavy atom. The van der Waals surface area contributed by atoms with E-state index >= 15 is 0 Å². The van der Waals surface area contributed by atoms with Crippen LogP contribution in [0.15, 0.2) is 0 Å². The monoisotopic (exact) mass is 164 g/mol. The molecule has 0 bridgehead atoms. The van der Waals surface area contributed by atoms with E-state index in [4.69, 9.17) is 0 Å². The van der Waals surface area contributed by atoms with Crippen LogP contribution in [0.4, 0.5) is 8.78 Å². The number of rotatable bonds is 1. The maximum atomic E-state index is 12.6. The van der Waals surface area contributed by atoms with Crippen LogP contribution < -0.4 is 0 Å². The van der Waals surface area contributed by atoms with Gasteiger partial charge in [0.05, 0.1) is 6.61 Å². The Hall–Kier alpha value is -0.180. The van der Waals surface area contributed by atoms with Crippen molar-refractivity contribution < 1.29 is 13.5 Å². The molecule has 0 saturated carbocycles. The van der Waals surface area contributed by atoms with Gasteiger partial charge in [-0.25, -0.2) is 0 Å². The van der Waals surface area contributed by atoms with Gasteiger partial charge >= 0.3 is 6.11 Å². The zero-order chi connectivity index (χ0) is 8.48. The van der Waals surface area contributed by atoms with E-state index in [2.05, 4.69) is 4.74 Å². The van der Waals surface area contributed by atoms with Gasteiger partial charge in [-0.2, -0.15) is 8.78 Å². The lowest BCUT2D eigenvalue weighted by atomic mass is 9.88. The lowest BCUT2D eigenvalue weighted by Gasteiger charge is -2.31. The van der Waals surface area contributed by atoms with Gasteiger partial charge in [-0.05, 0) is 18.3 Å². The molecule has 11 heavy (non-hydrogen) atoms. The highest BCUT2D eigenvalue weighted by Crippen LogP contribution is 2.35. The van der Waals surface area contributed by atoms with E-state index in [1.807, 2.05) is 13.8 Å². The van der Waals surface area contributed by atoms with Gasteiger partial charge in [-0.1, -0.05) is 13.8 Å². The topological polar surface area (TPSA) is 9.23 Å². The first kappa shape index (κ1) is 8.91. The second-order valence-corrected chi connectivity index (χ2v) is 3.48. The van der Waals surface area contributed by atoms with Crippen molar-refractivity contribution in [2.24, 2.45) is 11.8 Å². The molecule has 1 aliphatic heterocycles. The average Bonchev–Trinajstić information content (AvgIpc) is 1.85. The molecule has 1 rings (SSSR count). The number of alkyl halides is 2. The molecule has 0 aromatic rings. The first-order valence-electron chi connectivity index (χ1n) is 4.03.